The van der Waals surface area contributed by atoms with E-state index in [1.165, 1.54) is 0 Å². The molecule has 138 valence electrons. The molecule has 5 nitrogen and oxygen atoms in total. The Balaban J connectivity index is 1.68. The van der Waals surface area contributed by atoms with Gasteiger partial charge in [-0.25, -0.2) is 4.98 Å². The van der Waals surface area contributed by atoms with Crippen LogP contribution in [0.3, 0.4) is 0 Å². The predicted octanol–water partition coefficient (Wildman–Crippen LogP) is 4.33. The number of anilines is 1. The molecule has 0 unspecified atom stereocenters. The second kappa shape index (κ2) is 7.88. The Labute approximate surface area is 163 Å². The molecule has 0 aliphatic carbocycles. The Bertz CT molecular complexity index is 1060. The van der Waals surface area contributed by atoms with Crippen LogP contribution >= 0.6 is 0 Å². The highest BCUT2D eigenvalue weighted by Gasteiger charge is 2.20. The molecule has 4 rings (SSSR count). The minimum Gasteiger partial charge on any atom is -0.337 e. The first kappa shape index (κ1) is 17.7. The van der Waals surface area contributed by atoms with Crippen molar-refractivity contribution in [2.45, 2.75) is 6.54 Å². The van der Waals surface area contributed by atoms with Gasteiger partial charge in [-0.1, -0.05) is 42.5 Å². The molecular weight excluding hydrogens is 348 g/mol. The zero-order valence-corrected chi connectivity index (χ0v) is 15.6. The summed E-state index contributed by atoms with van der Waals surface area (Å²) in [5.74, 6) is 0.729. The smallest absolute Gasteiger partial charge is 0.258 e. The van der Waals surface area contributed by atoms with Crippen molar-refractivity contribution in [1.29, 1.82) is 0 Å². The summed E-state index contributed by atoms with van der Waals surface area (Å²) in [4.78, 5) is 23.3. The first-order chi connectivity index (χ1) is 13.7. The third-order valence-corrected chi connectivity index (χ3v) is 4.68. The van der Waals surface area contributed by atoms with Gasteiger partial charge in [-0.3, -0.25) is 9.78 Å². The van der Waals surface area contributed by atoms with Crippen LogP contribution in [0, 0.1) is 0 Å². The summed E-state index contributed by atoms with van der Waals surface area (Å²) in [6.07, 6.45) is 6.88. The van der Waals surface area contributed by atoms with Crippen LogP contribution in [0.5, 0.6) is 0 Å². The van der Waals surface area contributed by atoms with Crippen molar-refractivity contribution >= 4 is 11.6 Å². The predicted molar refractivity (Wildman–Crippen MR) is 110 cm³/mol. The van der Waals surface area contributed by atoms with Crippen LogP contribution < -0.4 is 4.90 Å². The van der Waals surface area contributed by atoms with Crippen molar-refractivity contribution in [2.75, 3.05) is 4.90 Å². The van der Waals surface area contributed by atoms with E-state index in [-0.39, 0.29) is 5.91 Å². The number of pyridine rings is 1. The normalized spacial score (nSPS) is 10.6. The number of aryl methyl sites for hydroxylation is 1. The molecule has 0 N–H and O–H groups in total. The number of carbonyl (C=O) groups is 1. The van der Waals surface area contributed by atoms with Crippen LogP contribution in [0.15, 0.2) is 91.5 Å². The molecule has 0 fully saturated rings. The van der Waals surface area contributed by atoms with Gasteiger partial charge in [0.25, 0.3) is 5.91 Å². The van der Waals surface area contributed by atoms with Crippen molar-refractivity contribution in [3.05, 3.63) is 103 Å². The topological polar surface area (TPSA) is 51.0 Å². The average Bonchev–Trinajstić information content (AvgIpc) is 3.17. The van der Waals surface area contributed by atoms with Crippen molar-refractivity contribution in [1.82, 2.24) is 14.5 Å². The molecule has 2 aromatic carbocycles. The number of aromatic nitrogens is 3. The van der Waals surface area contributed by atoms with Gasteiger partial charge in [0, 0.05) is 43.1 Å². The summed E-state index contributed by atoms with van der Waals surface area (Å²) in [7, 11) is 1.93. The molecule has 1 amide bonds. The molecule has 0 saturated carbocycles. The molecule has 0 atom stereocenters. The monoisotopic (exact) mass is 368 g/mol. The van der Waals surface area contributed by atoms with Crippen molar-refractivity contribution < 1.29 is 4.79 Å². The maximum atomic E-state index is 13.2. The molecular formula is C23H20N4O. The lowest BCUT2D eigenvalue weighted by Crippen LogP contribution is -2.31. The van der Waals surface area contributed by atoms with Crippen LogP contribution in [0.1, 0.15) is 16.2 Å². The van der Waals surface area contributed by atoms with Gasteiger partial charge in [0.15, 0.2) is 0 Å². The van der Waals surface area contributed by atoms with Crippen molar-refractivity contribution in [3.8, 4) is 11.1 Å². The van der Waals surface area contributed by atoms with Crippen molar-refractivity contribution in [3.63, 3.8) is 0 Å². The highest BCUT2D eigenvalue weighted by Crippen LogP contribution is 2.25. The van der Waals surface area contributed by atoms with E-state index < -0.39 is 0 Å². The van der Waals surface area contributed by atoms with E-state index in [2.05, 4.69) is 22.1 Å². The molecule has 0 spiro atoms. The number of hydrogen-bond acceptors (Lipinski definition) is 3. The fourth-order valence-electron chi connectivity index (χ4n) is 3.09. The number of hydrogen-bond donors (Lipinski definition) is 0. The van der Waals surface area contributed by atoms with E-state index in [9.17, 15) is 4.79 Å². The zero-order chi connectivity index (χ0) is 19.3. The Morgan fingerprint density at radius 2 is 1.57 bits per heavy atom. The summed E-state index contributed by atoms with van der Waals surface area (Å²) < 4.78 is 1.92. The third-order valence-electron chi connectivity index (χ3n) is 4.68. The minimum atomic E-state index is -0.0853. The number of nitrogens with zero attached hydrogens (tertiary/aromatic N) is 4. The van der Waals surface area contributed by atoms with Crippen LogP contribution in [0.4, 0.5) is 5.69 Å². The number of benzene rings is 2. The quantitative estimate of drug-likeness (QED) is 0.527. The molecule has 0 radical (unpaired) electrons. The van der Waals surface area contributed by atoms with Crippen LogP contribution in [-0.4, -0.2) is 20.4 Å². The van der Waals surface area contributed by atoms with Gasteiger partial charge in [0.05, 0.1) is 6.54 Å². The van der Waals surface area contributed by atoms with Crippen LogP contribution in [-0.2, 0) is 13.6 Å². The zero-order valence-electron chi connectivity index (χ0n) is 15.6. The second-order valence-electron chi connectivity index (χ2n) is 6.49. The minimum absolute atomic E-state index is 0.0853. The summed E-state index contributed by atoms with van der Waals surface area (Å²) in [5.41, 5.74) is 3.67. The molecule has 5 heteroatoms. The Kier molecular flexibility index (Phi) is 4.97. The van der Waals surface area contributed by atoms with E-state index >= 15 is 0 Å². The van der Waals surface area contributed by atoms with E-state index in [0.717, 1.165) is 22.6 Å². The summed E-state index contributed by atoms with van der Waals surface area (Å²) >= 11 is 0. The number of carbonyl (C=O) groups excluding carboxylic acids is 1. The van der Waals surface area contributed by atoms with E-state index in [1.807, 2.05) is 60.3 Å². The van der Waals surface area contributed by atoms with Crippen LogP contribution in [0.2, 0.25) is 0 Å². The summed E-state index contributed by atoms with van der Waals surface area (Å²) in [6, 6.07) is 21.7. The Morgan fingerprint density at radius 3 is 2.21 bits per heavy atom. The highest BCUT2D eigenvalue weighted by molar-refractivity contribution is 6.05. The third kappa shape index (κ3) is 3.69. The lowest BCUT2D eigenvalue weighted by molar-refractivity contribution is 0.0984. The molecule has 0 saturated heterocycles. The number of rotatable bonds is 5. The molecule has 0 aliphatic rings. The first-order valence-electron chi connectivity index (χ1n) is 9.06. The molecule has 4 aromatic rings. The van der Waals surface area contributed by atoms with Gasteiger partial charge in [-0.2, -0.15) is 0 Å². The standard InChI is InChI=1S/C23H20N4O/c1-26-16-15-25-22(26)17-27(23(28)20-11-13-24-14-12-20)21-9-7-19(8-10-21)18-5-3-2-4-6-18/h2-16H,17H2,1H3. The maximum absolute atomic E-state index is 13.2. The maximum Gasteiger partial charge on any atom is 0.258 e. The molecule has 28 heavy (non-hydrogen) atoms. The van der Waals surface area contributed by atoms with Gasteiger partial charge in [-0.15, -0.1) is 0 Å². The largest absolute Gasteiger partial charge is 0.337 e. The fourth-order valence-corrected chi connectivity index (χ4v) is 3.09. The van der Waals surface area contributed by atoms with E-state index in [0.29, 0.717) is 12.1 Å². The van der Waals surface area contributed by atoms with Gasteiger partial charge < -0.3 is 9.47 Å². The lowest BCUT2D eigenvalue weighted by atomic mass is 10.1. The van der Waals surface area contributed by atoms with Crippen molar-refractivity contribution in [2.24, 2.45) is 7.05 Å². The molecule has 0 bridgehead atoms. The SMILES string of the molecule is Cn1ccnc1CN(C(=O)c1ccncc1)c1ccc(-c2ccccc2)cc1. The number of imidazole rings is 1. The lowest BCUT2D eigenvalue weighted by Gasteiger charge is -2.23. The van der Waals surface area contributed by atoms with Gasteiger partial charge >= 0.3 is 0 Å². The summed E-state index contributed by atoms with van der Waals surface area (Å²) in [5, 5.41) is 0. The Morgan fingerprint density at radius 1 is 0.893 bits per heavy atom. The first-order valence-corrected chi connectivity index (χ1v) is 9.06. The van der Waals surface area contributed by atoms with Gasteiger partial charge in [0.1, 0.15) is 5.82 Å². The van der Waals surface area contributed by atoms with Crippen LogP contribution in [0.25, 0.3) is 11.1 Å². The summed E-state index contributed by atoms with van der Waals surface area (Å²) in [6.45, 7) is 0.384. The number of amides is 1. The van der Waals surface area contributed by atoms with E-state index in [1.54, 1.807) is 35.6 Å². The molecule has 2 aromatic heterocycles. The highest BCUT2D eigenvalue weighted by atomic mass is 16.2. The Hall–Kier alpha value is -3.73. The molecule has 0 aliphatic heterocycles. The average molecular weight is 368 g/mol. The van der Waals surface area contributed by atoms with E-state index in [4.69, 9.17) is 0 Å². The second-order valence-corrected chi connectivity index (χ2v) is 6.49. The fraction of sp³-hybridized carbons (Fsp3) is 0.0870. The van der Waals surface area contributed by atoms with Gasteiger partial charge in [-0.05, 0) is 35.4 Å². The molecule has 2 heterocycles. The van der Waals surface area contributed by atoms with Gasteiger partial charge in [0.2, 0.25) is 0 Å².